The molecule has 3 aliphatic rings. The third-order valence-electron chi connectivity index (χ3n) is 7.97. The Kier molecular flexibility index (Phi) is 6.59. The van der Waals surface area contributed by atoms with Crippen LogP contribution in [0.5, 0.6) is 0 Å². The number of aromatic nitrogens is 2. The molecule has 0 aliphatic carbocycles. The molecule has 1 aromatic heterocycles. The summed E-state index contributed by atoms with van der Waals surface area (Å²) in [6, 6.07) is 15.4. The zero-order chi connectivity index (χ0) is 26.4. The summed E-state index contributed by atoms with van der Waals surface area (Å²) in [7, 11) is -1.85. The maximum absolute atomic E-state index is 13.6. The maximum atomic E-state index is 13.6. The van der Waals surface area contributed by atoms with Gasteiger partial charge in [-0.3, -0.25) is 9.69 Å². The topological polar surface area (TPSA) is 94.0 Å². The van der Waals surface area contributed by atoms with E-state index in [0.717, 1.165) is 25.2 Å². The predicted octanol–water partition coefficient (Wildman–Crippen LogP) is 3.08. The van der Waals surface area contributed by atoms with Crippen LogP contribution in [0.3, 0.4) is 0 Å². The summed E-state index contributed by atoms with van der Waals surface area (Å²) in [5, 5.41) is 4.77. The second kappa shape index (κ2) is 9.92. The van der Waals surface area contributed by atoms with Crippen molar-refractivity contribution in [2.45, 2.75) is 36.1 Å². The van der Waals surface area contributed by atoms with Crippen molar-refractivity contribution in [3.05, 3.63) is 65.4 Å². The number of morpholine rings is 1. The van der Waals surface area contributed by atoms with Crippen LogP contribution in [0.1, 0.15) is 41.0 Å². The molecule has 0 N–H and O–H groups in total. The van der Waals surface area contributed by atoms with E-state index in [9.17, 15) is 13.2 Å². The molecule has 2 saturated heterocycles. The molecule has 0 spiro atoms. The van der Waals surface area contributed by atoms with E-state index in [1.807, 2.05) is 18.2 Å². The minimum absolute atomic E-state index is 0.195. The monoisotopic (exact) mass is 536 g/mol. The Morgan fingerprint density at radius 3 is 2.53 bits per heavy atom. The Morgan fingerprint density at radius 1 is 1.08 bits per heavy atom. The zero-order valence-electron chi connectivity index (χ0n) is 21.7. The van der Waals surface area contributed by atoms with Gasteiger partial charge in [0.05, 0.1) is 41.3 Å². The molecule has 2 unspecified atom stereocenters. The van der Waals surface area contributed by atoms with E-state index in [4.69, 9.17) is 14.6 Å². The molecule has 2 fully saturated rings. The lowest BCUT2D eigenvalue weighted by atomic mass is 10.0. The van der Waals surface area contributed by atoms with Gasteiger partial charge in [0.15, 0.2) is 15.5 Å². The minimum Gasteiger partial charge on any atom is -0.380 e. The molecule has 3 aromatic rings. The second-order valence-corrected chi connectivity index (χ2v) is 12.1. The number of amides is 1. The van der Waals surface area contributed by atoms with Gasteiger partial charge < -0.3 is 14.4 Å². The summed E-state index contributed by atoms with van der Waals surface area (Å²) in [4.78, 5) is 17.9. The number of carbonyl (C=O) groups excluding carboxylic acids is 1. The number of nitrogens with zero attached hydrogens (tertiary/aromatic N) is 4. The number of fused-ring (bicyclic) bond motifs is 3. The van der Waals surface area contributed by atoms with Crippen molar-refractivity contribution in [2.75, 3.05) is 46.5 Å². The van der Waals surface area contributed by atoms with E-state index in [-0.39, 0.29) is 34.4 Å². The number of sulfone groups is 1. The second-order valence-electron chi connectivity index (χ2n) is 10.2. The number of benzene rings is 2. The molecule has 1 amide bonds. The molecule has 9 nitrogen and oxygen atoms in total. The quantitative estimate of drug-likeness (QED) is 0.495. The summed E-state index contributed by atoms with van der Waals surface area (Å²) in [5.41, 5.74) is 3.85. The van der Waals surface area contributed by atoms with Crippen molar-refractivity contribution in [3.63, 3.8) is 0 Å². The van der Waals surface area contributed by atoms with E-state index in [2.05, 4.69) is 24.0 Å². The van der Waals surface area contributed by atoms with Crippen molar-refractivity contribution in [2.24, 2.45) is 0 Å². The zero-order valence-corrected chi connectivity index (χ0v) is 22.5. The fraction of sp³-hybridized carbons (Fsp3) is 0.429. The van der Waals surface area contributed by atoms with Crippen molar-refractivity contribution in [1.29, 1.82) is 0 Å². The molecule has 2 atom stereocenters. The third-order valence-corrected chi connectivity index (χ3v) is 9.67. The summed E-state index contributed by atoms with van der Waals surface area (Å²) < 4.78 is 39.1. The van der Waals surface area contributed by atoms with Crippen molar-refractivity contribution < 1.29 is 22.7 Å². The Hall–Kier alpha value is -3.05. The molecular formula is C28H32N4O5S. The molecule has 4 heterocycles. The summed E-state index contributed by atoms with van der Waals surface area (Å²) >= 11 is 0. The number of hydrogen-bond acceptors (Lipinski definition) is 7. The van der Waals surface area contributed by atoms with Gasteiger partial charge in [-0.1, -0.05) is 30.3 Å². The Bertz CT molecular complexity index is 1460. The van der Waals surface area contributed by atoms with E-state index in [1.165, 1.54) is 5.56 Å². The Labute approximate surface area is 222 Å². The van der Waals surface area contributed by atoms with Gasteiger partial charge in [-0.25, -0.2) is 13.1 Å². The minimum atomic E-state index is -3.61. The third kappa shape index (κ3) is 4.35. The van der Waals surface area contributed by atoms with E-state index in [0.29, 0.717) is 43.1 Å². The van der Waals surface area contributed by atoms with Crippen LogP contribution in [-0.2, 0) is 25.1 Å². The molecule has 0 saturated carbocycles. The number of likely N-dealkylation sites (tertiary alicyclic amines) is 1. The normalized spacial score (nSPS) is 21.6. The lowest BCUT2D eigenvalue weighted by Crippen LogP contribution is -2.41. The molecular weight excluding hydrogens is 504 g/mol. The summed E-state index contributed by atoms with van der Waals surface area (Å²) in [6.07, 6.45) is 1.30. The highest BCUT2D eigenvalue weighted by molar-refractivity contribution is 7.90. The molecule has 200 valence electrons. The fourth-order valence-corrected chi connectivity index (χ4v) is 7.34. The average Bonchev–Trinajstić information content (AvgIpc) is 3.58. The maximum Gasteiger partial charge on any atom is 0.274 e. The summed E-state index contributed by atoms with van der Waals surface area (Å²) in [5.74, 6) is -0.514. The molecule has 3 aliphatic heterocycles. The number of ether oxygens (including phenoxy) is 2. The van der Waals surface area contributed by atoms with Crippen LogP contribution in [0.15, 0.2) is 53.4 Å². The van der Waals surface area contributed by atoms with Crippen LogP contribution >= 0.6 is 0 Å². The molecule has 2 aromatic carbocycles. The number of rotatable bonds is 5. The highest BCUT2D eigenvalue weighted by Gasteiger charge is 2.37. The lowest BCUT2D eigenvalue weighted by molar-refractivity contribution is 0.0298. The first-order chi connectivity index (χ1) is 18.4. The first-order valence-electron chi connectivity index (χ1n) is 13.1. The van der Waals surface area contributed by atoms with Gasteiger partial charge in [0.1, 0.15) is 0 Å². The van der Waals surface area contributed by atoms with Crippen LogP contribution in [0.4, 0.5) is 0 Å². The molecule has 6 rings (SSSR count). The smallest absolute Gasteiger partial charge is 0.274 e. The van der Waals surface area contributed by atoms with Gasteiger partial charge in [-0.15, -0.1) is 0 Å². The van der Waals surface area contributed by atoms with Gasteiger partial charge in [-0.05, 0) is 37.1 Å². The Morgan fingerprint density at radius 2 is 1.82 bits per heavy atom. The predicted molar refractivity (Wildman–Crippen MR) is 142 cm³/mol. The van der Waals surface area contributed by atoms with Crippen molar-refractivity contribution in [3.8, 4) is 16.9 Å². The van der Waals surface area contributed by atoms with Crippen molar-refractivity contribution >= 4 is 15.7 Å². The lowest BCUT2D eigenvalue weighted by Gasteiger charge is -2.26. The molecule has 10 heteroatoms. The van der Waals surface area contributed by atoms with Gasteiger partial charge in [0.25, 0.3) is 5.91 Å². The number of hydrogen-bond donors (Lipinski definition) is 0. The van der Waals surface area contributed by atoms with Gasteiger partial charge in [-0.2, -0.15) is 5.10 Å². The van der Waals surface area contributed by atoms with Crippen LogP contribution < -0.4 is 0 Å². The first kappa shape index (κ1) is 25.2. The van der Waals surface area contributed by atoms with Gasteiger partial charge >= 0.3 is 0 Å². The molecule has 38 heavy (non-hydrogen) atoms. The molecule has 0 radical (unpaired) electrons. The average molecular weight is 537 g/mol. The molecule has 0 bridgehead atoms. The van der Waals surface area contributed by atoms with E-state index < -0.39 is 9.84 Å². The standard InChI is InChI=1S/C28H32N4O5S/c1-19(31-12-11-22(17-31)36-2)20-7-9-21(10-8-20)32-27-23-5-3-4-6-25(23)38(34,35)18-24(27)26(29-32)28(33)30-13-15-37-16-14-30/h3-10,19,22H,11-18H2,1-2H3. The fourth-order valence-electron chi connectivity index (χ4n) is 5.74. The van der Waals surface area contributed by atoms with Gasteiger partial charge in [0, 0.05) is 50.5 Å². The highest BCUT2D eigenvalue weighted by atomic mass is 32.2. The number of methoxy groups -OCH3 is 1. The van der Waals surface area contributed by atoms with Crippen LogP contribution in [0.25, 0.3) is 16.9 Å². The largest absolute Gasteiger partial charge is 0.380 e. The van der Waals surface area contributed by atoms with E-state index >= 15 is 0 Å². The van der Waals surface area contributed by atoms with Gasteiger partial charge in [0.2, 0.25) is 0 Å². The summed E-state index contributed by atoms with van der Waals surface area (Å²) in [6.45, 7) is 5.92. The van der Waals surface area contributed by atoms with Crippen LogP contribution in [0.2, 0.25) is 0 Å². The van der Waals surface area contributed by atoms with E-state index in [1.54, 1.807) is 34.9 Å². The highest BCUT2D eigenvalue weighted by Crippen LogP contribution is 2.41. The number of carbonyl (C=O) groups is 1. The SMILES string of the molecule is COC1CCN(C(C)c2ccc(-n3nc(C(=O)N4CCOCC4)c4c3-c3ccccc3S(=O)(=O)C4)cc2)C1. The van der Waals surface area contributed by atoms with Crippen LogP contribution in [-0.4, -0.2) is 86.5 Å². The Balaban J connectivity index is 1.41. The van der Waals surface area contributed by atoms with Crippen LogP contribution in [0, 0.1) is 0 Å². The first-order valence-corrected chi connectivity index (χ1v) is 14.7. The van der Waals surface area contributed by atoms with Crippen molar-refractivity contribution in [1.82, 2.24) is 19.6 Å².